The van der Waals surface area contributed by atoms with E-state index in [0.29, 0.717) is 13.2 Å². The molecule has 326 valence electrons. The van der Waals surface area contributed by atoms with Crippen LogP contribution in [0.5, 0.6) is 11.5 Å². The zero-order valence-electron chi connectivity index (χ0n) is 38.9. The third-order valence-electron chi connectivity index (χ3n) is 14.0. The Balaban J connectivity index is 1.13. The molecular formula is C66H50O2. The van der Waals surface area contributed by atoms with Crippen LogP contribution in [0.2, 0.25) is 0 Å². The minimum Gasteiger partial charge on any atom is -0.494 e. The highest BCUT2D eigenvalue weighted by molar-refractivity contribution is 6.26. The first-order valence-electron chi connectivity index (χ1n) is 23.9. The number of fused-ring (bicyclic) bond motifs is 10. The van der Waals surface area contributed by atoms with E-state index in [0.717, 1.165) is 22.6 Å². The van der Waals surface area contributed by atoms with Gasteiger partial charge in [-0.2, -0.15) is 0 Å². The smallest absolute Gasteiger partial charge is 0.119 e. The van der Waals surface area contributed by atoms with Crippen molar-refractivity contribution in [2.75, 3.05) is 13.2 Å². The van der Waals surface area contributed by atoms with Gasteiger partial charge in [0.15, 0.2) is 0 Å². The minimum atomic E-state index is 0.628. The molecule has 0 fully saturated rings. The molecule has 0 aliphatic carbocycles. The fourth-order valence-corrected chi connectivity index (χ4v) is 10.6. The second-order valence-electron chi connectivity index (χ2n) is 18.1. The lowest BCUT2D eigenvalue weighted by Gasteiger charge is -2.18. The summed E-state index contributed by atoms with van der Waals surface area (Å²) in [5, 5.41) is 14.9. The molecule has 12 rings (SSSR count). The van der Waals surface area contributed by atoms with Crippen LogP contribution >= 0.6 is 0 Å². The number of rotatable bonds is 9. The van der Waals surface area contributed by atoms with Crippen molar-refractivity contribution in [3.63, 3.8) is 0 Å². The molecule has 0 spiro atoms. The van der Waals surface area contributed by atoms with Crippen LogP contribution < -0.4 is 9.47 Å². The molecule has 2 heteroatoms. The van der Waals surface area contributed by atoms with Crippen molar-refractivity contribution in [1.82, 2.24) is 0 Å². The van der Waals surface area contributed by atoms with Gasteiger partial charge in [0.05, 0.1) is 13.2 Å². The Labute approximate surface area is 397 Å². The summed E-state index contributed by atoms with van der Waals surface area (Å²) in [6.07, 6.45) is 0. The number of benzene rings is 12. The maximum Gasteiger partial charge on any atom is 0.119 e. The third-order valence-corrected chi connectivity index (χ3v) is 14.0. The Kier molecular flexibility index (Phi) is 10.3. The van der Waals surface area contributed by atoms with E-state index < -0.39 is 0 Å². The molecule has 0 aliphatic rings. The van der Waals surface area contributed by atoms with Gasteiger partial charge >= 0.3 is 0 Å². The van der Waals surface area contributed by atoms with Gasteiger partial charge in [0.25, 0.3) is 0 Å². The third kappa shape index (κ3) is 7.12. The maximum absolute atomic E-state index is 5.92. The van der Waals surface area contributed by atoms with E-state index in [4.69, 9.17) is 9.47 Å². The molecule has 0 radical (unpaired) electrons. The highest BCUT2D eigenvalue weighted by atomic mass is 16.5. The van der Waals surface area contributed by atoms with Crippen molar-refractivity contribution in [3.05, 3.63) is 217 Å². The first kappa shape index (κ1) is 41.2. The topological polar surface area (TPSA) is 18.5 Å². The van der Waals surface area contributed by atoms with Gasteiger partial charge in [-0.1, -0.05) is 157 Å². The van der Waals surface area contributed by atoms with E-state index >= 15 is 0 Å². The molecule has 0 heterocycles. The van der Waals surface area contributed by atoms with Gasteiger partial charge in [-0.05, 0) is 209 Å². The van der Waals surface area contributed by atoms with E-state index in [1.807, 2.05) is 13.8 Å². The second-order valence-corrected chi connectivity index (χ2v) is 18.1. The fraction of sp³-hybridized carbons (Fsp3) is 0.0909. The van der Waals surface area contributed by atoms with Gasteiger partial charge in [-0.15, -0.1) is 0 Å². The number of hydrogen-bond acceptors (Lipinski definition) is 2. The first-order chi connectivity index (χ1) is 33.4. The zero-order valence-corrected chi connectivity index (χ0v) is 38.9. The van der Waals surface area contributed by atoms with Gasteiger partial charge in [-0.3, -0.25) is 0 Å². The van der Waals surface area contributed by atoms with Crippen molar-refractivity contribution in [2.24, 2.45) is 0 Å². The summed E-state index contributed by atoms with van der Waals surface area (Å²) in [6, 6.07) is 76.8. The lowest BCUT2D eigenvalue weighted by molar-refractivity contribution is 0.340. The highest BCUT2D eigenvalue weighted by Crippen LogP contribution is 2.46. The SMILES string of the molecule is CCOc1ccc(-c2cc3c4ccccc4c(-c4ccc(C)cc4)cc3c3ccc(-c4ccc5c(-c6ccc(OCC)cc6)cc6c7ccccc7c(-c7ccc(C)cc7)cc6c5c4)cc23)cc1. The Hall–Kier alpha value is -8.20. The summed E-state index contributed by atoms with van der Waals surface area (Å²) in [5.74, 6) is 1.76. The summed E-state index contributed by atoms with van der Waals surface area (Å²) < 4.78 is 11.8. The fourth-order valence-electron chi connectivity index (χ4n) is 10.6. The number of hydrogen-bond donors (Lipinski definition) is 0. The van der Waals surface area contributed by atoms with Gasteiger partial charge in [0.2, 0.25) is 0 Å². The summed E-state index contributed by atoms with van der Waals surface area (Å²) in [4.78, 5) is 0. The molecule has 0 saturated carbocycles. The Morgan fingerprint density at radius 3 is 0.941 bits per heavy atom. The molecule has 0 amide bonds. The van der Waals surface area contributed by atoms with Crippen LogP contribution in [0.15, 0.2) is 206 Å². The summed E-state index contributed by atoms with van der Waals surface area (Å²) in [7, 11) is 0. The molecule has 0 unspecified atom stereocenters. The van der Waals surface area contributed by atoms with E-state index in [1.165, 1.54) is 120 Å². The predicted molar refractivity (Wildman–Crippen MR) is 290 cm³/mol. The van der Waals surface area contributed by atoms with Crippen LogP contribution in [0.1, 0.15) is 25.0 Å². The normalized spacial score (nSPS) is 11.6. The quantitative estimate of drug-likeness (QED) is 0.135. The van der Waals surface area contributed by atoms with Crippen molar-refractivity contribution in [3.8, 4) is 67.1 Å². The largest absolute Gasteiger partial charge is 0.494 e. The maximum atomic E-state index is 5.92. The molecule has 68 heavy (non-hydrogen) atoms. The van der Waals surface area contributed by atoms with Gasteiger partial charge in [0, 0.05) is 0 Å². The van der Waals surface area contributed by atoms with E-state index in [1.54, 1.807) is 0 Å². The van der Waals surface area contributed by atoms with Crippen molar-refractivity contribution in [1.29, 1.82) is 0 Å². The highest BCUT2D eigenvalue weighted by Gasteiger charge is 2.19. The molecule has 12 aromatic carbocycles. The predicted octanol–water partition coefficient (Wildman–Crippen LogP) is 18.4. The molecule has 12 aromatic rings. The van der Waals surface area contributed by atoms with Crippen LogP contribution in [-0.2, 0) is 0 Å². The molecule has 0 aromatic heterocycles. The van der Waals surface area contributed by atoms with Gasteiger partial charge < -0.3 is 9.47 Å². The average molecular weight is 875 g/mol. The van der Waals surface area contributed by atoms with Crippen LogP contribution in [0, 0.1) is 13.8 Å². The van der Waals surface area contributed by atoms with Crippen LogP contribution in [0.25, 0.3) is 120 Å². The van der Waals surface area contributed by atoms with Crippen molar-refractivity contribution < 1.29 is 9.47 Å². The Morgan fingerprint density at radius 2 is 0.529 bits per heavy atom. The molecule has 0 bridgehead atoms. The molecule has 0 atom stereocenters. The lowest BCUT2D eigenvalue weighted by Crippen LogP contribution is -1.92. The summed E-state index contributed by atoms with van der Waals surface area (Å²) in [6.45, 7) is 9.63. The van der Waals surface area contributed by atoms with E-state index in [9.17, 15) is 0 Å². The first-order valence-corrected chi connectivity index (χ1v) is 23.9. The molecule has 2 nitrogen and oxygen atoms in total. The molecule has 0 N–H and O–H groups in total. The summed E-state index contributed by atoms with van der Waals surface area (Å²) >= 11 is 0. The Morgan fingerprint density at radius 1 is 0.250 bits per heavy atom. The monoisotopic (exact) mass is 874 g/mol. The average Bonchev–Trinajstić information content (AvgIpc) is 3.38. The van der Waals surface area contributed by atoms with Gasteiger partial charge in [0.1, 0.15) is 11.5 Å². The van der Waals surface area contributed by atoms with Crippen molar-refractivity contribution in [2.45, 2.75) is 27.7 Å². The molecule has 0 aliphatic heterocycles. The van der Waals surface area contributed by atoms with E-state index in [2.05, 4.69) is 220 Å². The number of ether oxygens (including phenoxy) is 2. The Bertz CT molecular complexity index is 3900. The van der Waals surface area contributed by atoms with Gasteiger partial charge in [-0.25, -0.2) is 0 Å². The molecule has 0 saturated heterocycles. The zero-order chi connectivity index (χ0) is 45.9. The van der Waals surface area contributed by atoms with Crippen LogP contribution in [0.3, 0.4) is 0 Å². The van der Waals surface area contributed by atoms with E-state index in [-0.39, 0.29) is 0 Å². The minimum absolute atomic E-state index is 0.628. The standard InChI is InChI=1S/C66H50O2/c1-5-67-49-29-23-45(24-30-49)59-38-64-54-14-10-8-12-52(54)58(44-21-17-42(4)18-22-44)39-66(64)62-36-48(27-33-55(59)62)47-28-34-56-61(35-47)60(46-25-31-50(32-26-46)68-6-2)40-63-53-13-9-7-11-51(53)57(37-65(56)63)43-19-15-41(3)16-20-43/h7-40H,5-6H2,1-4H3. The second kappa shape index (κ2) is 16.9. The van der Waals surface area contributed by atoms with Crippen LogP contribution in [-0.4, -0.2) is 13.2 Å². The lowest BCUT2D eigenvalue weighted by atomic mass is 9.85. The number of aryl methyl sites for hydroxylation is 2. The summed E-state index contributed by atoms with van der Waals surface area (Å²) in [5.41, 5.74) is 14.5. The molecular weight excluding hydrogens is 825 g/mol. The van der Waals surface area contributed by atoms with Crippen LogP contribution in [0.4, 0.5) is 0 Å². The van der Waals surface area contributed by atoms with Crippen molar-refractivity contribution >= 4 is 64.6 Å².